The molecule has 0 aliphatic rings. The Morgan fingerprint density at radius 2 is 1.48 bits per heavy atom. The third-order valence-corrected chi connectivity index (χ3v) is 4.07. The van der Waals surface area contributed by atoms with Crippen LogP contribution >= 0.6 is 0 Å². The zero-order valence-electron chi connectivity index (χ0n) is 16.3. The van der Waals surface area contributed by atoms with Crippen molar-refractivity contribution < 1.29 is 14.6 Å². The molecular formula is C23H33NO3. The van der Waals surface area contributed by atoms with E-state index in [0.29, 0.717) is 18.8 Å². The maximum atomic E-state index is 11.8. The highest BCUT2D eigenvalue weighted by atomic mass is 16.5. The number of esters is 1. The summed E-state index contributed by atoms with van der Waals surface area (Å²) in [6.07, 6.45) is 7.97. The molecule has 1 atom stereocenters. The molecule has 27 heavy (non-hydrogen) atoms. The van der Waals surface area contributed by atoms with Gasteiger partial charge in [-0.25, -0.2) is 4.79 Å². The smallest absolute Gasteiger partial charge is 0.328 e. The van der Waals surface area contributed by atoms with E-state index in [9.17, 15) is 4.79 Å². The van der Waals surface area contributed by atoms with Gasteiger partial charge in [-0.3, -0.25) is 0 Å². The molecule has 4 nitrogen and oxygen atoms in total. The van der Waals surface area contributed by atoms with Gasteiger partial charge in [0.25, 0.3) is 0 Å². The quantitative estimate of drug-likeness (QED) is 0.366. The third-order valence-electron chi connectivity index (χ3n) is 4.07. The monoisotopic (exact) mass is 371 g/mol. The molecule has 3 N–H and O–H groups in total. The molecule has 0 aliphatic carbocycles. The molecule has 0 fully saturated rings. The number of nitrogens with two attached hydrogens (primary N) is 1. The first-order valence-corrected chi connectivity index (χ1v) is 9.84. The highest BCUT2D eigenvalue weighted by Crippen LogP contribution is 2.10. The standard InChI is InChI=1S/C15H15NO2.C8H18O/c16-14(11-12-7-3-1-4-8-12)15(17)18-13-9-5-2-6-10-13;1-2-3-4-5-6-7-8-9/h1-10,14H,11,16H2;9H,2-8H2,1H3. The summed E-state index contributed by atoms with van der Waals surface area (Å²) in [7, 11) is 0. The normalized spacial score (nSPS) is 11.2. The predicted octanol–water partition coefficient (Wildman–Crippen LogP) is 4.50. The topological polar surface area (TPSA) is 72.5 Å². The van der Waals surface area contributed by atoms with E-state index in [0.717, 1.165) is 12.0 Å². The van der Waals surface area contributed by atoms with Gasteiger partial charge in [0.1, 0.15) is 11.8 Å². The van der Waals surface area contributed by atoms with Crippen LogP contribution in [-0.2, 0) is 11.2 Å². The summed E-state index contributed by atoms with van der Waals surface area (Å²) in [6.45, 7) is 2.58. The largest absolute Gasteiger partial charge is 0.425 e. The van der Waals surface area contributed by atoms with Gasteiger partial charge in [-0.2, -0.15) is 0 Å². The zero-order chi connectivity index (χ0) is 19.7. The number of rotatable bonds is 10. The van der Waals surface area contributed by atoms with Crippen LogP contribution in [0.5, 0.6) is 5.75 Å². The number of carbonyl (C=O) groups is 1. The molecule has 0 spiro atoms. The lowest BCUT2D eigenvalue weighted by Crippen LogP contribution is -2.36. The molecule has 1 unspecified atom stereocenters. The minimum atomic E-state index is -0.646. The number of aliphatic hydroxyl groups excluding tert-OH is 1. The minimum Gasteiger partial charge on any atom is -0.425 e. The summed E-state index contributed by atoms with van der Waals surface area (Å²) < 4.78 is 5.18. The Hall–Kier alpha value is -2.17. The molecule has 2 rings (SSSR count). The van der Waals surface area contributed by atoms with Crippen molar-refractivity contribution in [1.29, 1.82) is 0 Å². The van der Waals surface area contributed by atoms with Crippen LogP contribution in [0, 0.1) is 0 Å². The molecule has 2 aromatic carbocycles. The number of benzene rings is 2. The van der Waals surface area contributed by atoms with Gasteiger partial charge in [0.15, 0.2) is 0 Å². The van der Waals surface area contributed by atoms with E-state index in [-0.39, 0.29) is 0 Å². The van der Waals surface area contributed by atoms with E-state index in [2.05, 4.69) is 6.92 Å². The van der Waals surface area contributed by atoms with Crippen molar-refractivity contribution in [2.75, 3.05) is 6.61 Å². The summed E-state index contributed by atoms with van der Waals surface area (Å²) >= 11 is 0. The second kappa shape index (κ2) is 14.9. The van der Waals surface area contributed by atoms with Crippen molar-refractivity contribution in [3.63, 3.8) is 0 Å². The van der Waals surface area contributed by atoms with Crippen LogP contribution in [0.25, 0.3) is 0 Å². The number of aliphatic hydroxyl groups is 1. The molecule has 0 bridgehead atoms. The van der Waals surface area contributed by atoms with E-state index >= 15 is 0 Å². The first kappa shape index (κ1) is 22.9. The SMILES string of the molecule is CCCCCCCCO.NC(Cc1ccccc1)C(=O)Oc1ccccc1. The van der Waals surface area contributed by atoms with E-state index in [4.69, 9.17) is 15.6 Å². The van der Waals surface area contributed by atoms with Crippen LogP contribution in [0.2, 0.25) is 0 Å². The maximum Gasteiger partial charge on any atom is 0.328 e. The Balaban J connectivity index is 0.000000345. The van der Waals surface area contributed by atoms with Crippen molar-refractivity contribution in [3.8, 4) is 5.75 Å². The Morgan fingerprint density at radius 1 is 0.926 bits per heavy atom. The van der Waals surface area contributed by atoms with Crippen LogP contribution in [-0.4, -0.2) is 23.7 Å². The lowest BCUT2D eigenvalue weighted by atomic mass is 10.1. The average molecular weight is 372 g/mol. The Labute approximate surface area is 163 Å². The second-order valence-electron chi connectivity index (χ2n) is 6.52. The summed E-state index contributed by atoms with van der Waals surface area (Å²) in [5, 5.41) is 8.42. The molecule has 0 radical (unpaired) electrons. The maximum absolute atomic E-state index is 11.8. The summed E-state index contributed by atoms with van der Waals surface area (Å²) in [5.74, 6) is 0.107. The molecule has 0 aromatic heterocycles. The molecule has 0 amide bonds. The first-order chi connectivity index (χ1) is 13.2. The van der Waals surface area contributed by atoms with Crippen molar-refractivity contribution in [2.24, 2.45) is 5.73 Å². The van der Waals surface area contributed by atoms with Crippen LogP contribution < -0.4 is 10.5 Å². The van der Waals surface area contributed by atoms with Gasteiger partial charge in [0.2, 0.25) is 0 Å². The summed E-state index contributed by atoms with van der Waals surface area (Å²) in [6, 6.07) is 17.9. The number of hydrogen-bond donors (Lipinski definition) is 2. The zero-order valence-corrected chi connectivity index (χ0v) is 16.3. The molecule has 0 heterocycles. The molecule has 2 aromatic rings. The van der Waals surface area contributed by atoms with Gasteiger partial charge in [0.05, 0.1) is 0 Å². The number of carbonyl (C=O) groups excluding carboxylic acids is 1. The fourth-order valence-corrected chi connectivity index (χ4v) is 2.52. The molecule has 4 heteroatoms. The molecule has 148 valence electrons. The van der Waals surface area contributed by atoms with E-state index in [1.807, 2.05) is 48.5 Å². The van der Waals surface area contributed by atoms with Crippen molar-refractivity contribution in [2.45, 2.75) is 57.9 Å². The third kappa shape index (κ3) is 11.2. The molecule has 0 aliphatic heterocycles. The van der Waals surface area contributed by atoms with Crippen molar-refractivity contribution in [3.05, 3.63) is 66.2 Å². The first-order valence-electron chi connectivity index (χ1n) is 9.84. The number of unbranched alkanes of at least 4 members (excludes halogenated alkanes) is 5. The van der Waals surface area contributed by atoms with Gasteiger partial charge < -0.3 is 15.6 Å². The number of hydrogen-bond acceptors (Lipinski definition) is 4. The summed E-state index contributed by atoms with van der Waals surface area (Å²) in [4.78, 5) is 11.8. The lowest BCUT2D eigenvalue weighted by molar-refractivity contribution is -0.135. The Kier molecular flexibility index (Phi) is 12.7. The fourth-order valence-electron chi connectivity index (χ4n) is 2.52. The molecule has 0 saturated heterocycles. The lowest BCUT2D eigenvalue weighted by Gasteiger charge is -2.11. The van der Waals surface area contributed by atoms with Gasteiger partial charge >= 0.3 is 5.97 Å². The summed E-state index contributed by atoms with van der Waals surface area (Å²) in [5.41, 5.74) is 6.85. The van der Waals surface area contributed by atoms with Gasteiger partial charge in [-0.15, -0.1) is 0 Å². The fraction of sp³-hybridized carbons (Fsp3) is 0.435. The van der Waals surface area contributed by atoms with Gasteiger partial charge in [-0.05, 0) is 30.5 Å². The average Bonchev–Trinajstić information content (AvgIpc) is 2.70. The van der Waals surface area contributed by atoms with E-state index in [1.54, 1.807) is 12.1 Å². The van der Waals surface area contributed by atoms with Crippen LogP contribution in [0.15, 0.2) is 60.7 Å². The van der Waals surface area contributed by atoms with E-state index < -0.39 is 12.0 Å². The van der Waals surface area contributed by atoms with Crippen LogP contribution in [0.4, 0.5) is 0 Å². The predicted molar refractivity (Wildman–Crippen MR) is 111 cm³/mol. The molecule has 0 saturated carbocycles. The van der Waals surface area contributed by atoms with Crippen LogP contribution in [0.1, 0.15) is 51.0 Å². The van der Waals surface area contributed by atoms with Crippen molar-refractivity contribution in [1.82, 2.24) is 0 Å². The van der Waals surface area contributed by atoms with Gasteiger partial charge in [0, 0.05) is 6.61 Å². The van der Waals surface area contributed by atoms with Crippen molar-refractivity contribution >= 4 is 5.97 Å². The highest BCUT2D eigenvalue weighted by Gasteiger charge is 2.16. The second-order valence-corrected chi connectivity index (χ2v) is 6.52. The minimum absolute atomic E-state index is 0.367. The van der Waals surface area contributed by atoms with Gasteiger partial charge in [-0.1, -0.05) is 87.6 Å². The number of ether oxygens (including phenoxy) is 1. The Bertz CT molecular complexity index is 596. The Morgan fingerprint density at radius 3 is 2.07 bits per heavy atom. The molecular weight excluding hydrogens is 338 g/mol. The van der Waals surface area contributed by atoms with E-state index in [1.165, 1.54) is 32.1 Å². The number of para-hydroxylation sites is 1. The highest BCUT2D eigenvalue weighted by molar-refractivity contribution is 5.78. The van der Waals surface area contributed by atoms with Crippen LogP contribution in [0.3, 0.4) is 0 Å².